The molecule has 2 aromatic rings. The van der Waals surface area contributed by atoms with Crippen molar-refractivity contribution in [1.29, 1.82) is 0 Å². The van der Waals surface area contributed by atoms with Crippen LogP contribution < -0.4 is 11.1 Å². The zero-order chi connectivity index (χ0) is 15.6. The molecule has 0 atom stereocenters. The smallest absolute Gasteiger partial charge is 0.398 e. The van der Waals surface area contributed by atoms with Crippen LogP contribution in [0.3, 0.4) is 0 Å². The quantitative estimate of drug-likeness (QED) is 0.836. The second-order valence-corrected chi connectivity index (χ2v) is 4.44. The zero-order valence-electron chi connectivity index (χ0n) is 11.0. The van der Waals surface area contributed by atoms with Crippen LogP contribution in [0, 0.1) is 6.92 Å². The maximum atomic E-state index is 12.7. The third kappa shape index (κ3) is 3.31. The SMILES string of the molecule is Cc1ccc(NC(=O)c2cccc(C(F)(F)F)c2N)nc1. The molecule has 4 nitrogen and oxygen atoms in total. The Morgan fingerprint density at radius 1 is 1.24 bits per heavy atom. The Morgan fingerprint density at radius 2 is 1.95 bits per heavy atom. The third-order valence-corrected chi connectivity index (χ3v) is 2.81. The van der Waals surface area contributed by atoms with E-state index < -0.39 is 23.3 Å². The van der Waals surface area contributed by atoms with Gasteiger partial charge in [-0.25, -0.2) is 4.98 Å². The summed E-state index contributed by atoms with van der Waals surface area (Å²) in [5.41, 5.74) is 4.46. The molecule has 0 aliphatic heterocycles. The molecule has 1 aromatic carbocycles. The molecule has 0 saturated carbocycles. The van der Waals surface area contributed by atoms with Gasteiger partial charge >= 0.3 is 6.18 Å². The van der Waals surface area contributed by atoms with Crippen molar-refractivity contribution in [3.63, 3.8) is 0 Å². The van der Waals surface area contributed by atoms with Crippen molar-refractivity contribution in [3.8, 4) is 0 Å². The molecule has 1 aromatic heterocycles. The van der Waals surface area contributed by atoms with Gasteiger partial charge in [-0.2, -0.15) is 13.2 Å². The normalized spacial score (nSPS) is 11.2. The molecule has 110 valence electrons. The van der Waals surface area contributed by atoms with Gasteiger partial charge in [0.05, 0.1) is 16.8 Å². The first-order chi connectivity index (χ1) is 9.79. The van der Waals surface area contributed by atoms with Crippen molar-refractivity contribution >= 4 is 17.4 Å². The molecule has 1 heterocycles. The van der Waals surface area contributed by atoms with E-state index >= 15 is 0 Å². The van der Waals surface area contributed by atoms with Crippen molar-refractivity contribution in [3.05, 3.63) is 53.2 Å². The van der Waals surface area contributed by atoms with Crippen LogP contribution in [0.1, 0.15) is 21.5 Å². The summed E-state index contributed by atoms with van der Waals surface area (Å²) < 4.78 is 38.2. The van der Waals surface area contributed by atoms with E-state index in [1.165, 1.54) is 12.3 Å². The van der Waals surface area contributed by atoms with Crippen LogP contribution in [0.15, 0.2) is 36.5 Å². The second-order valence-electron chi connectivity index (χ2n) is 4.44. The summed E-state index contributed by atoms with van der Waals surface area (Å²) in [7, 11) is 0. The monoisotopic (exact) mass is 295 g/mol. The van der Waals surface area contributed by atoms with Crippen LogP contribution >= 0.6 is 0 Å². The molecule has 1 amide bonds. The number of amides is 1. The number of carbonyl (C=O) groups is 1. The average Bonchev–Trinajstić information content (AvgIpc) is 2.40. The van der Waals surface area contributed by atoms with Gasteiger partial charge in [0.2, 0.25) is 0 Å². The summed E-state index contributed by atoms with van der Waals surface area (Å²) in [5, 5.41) is 2.41. The fourth-order valence-electron chi connectivity index (χ4n) is 1.74. The molecule has 0 bridgehead atoms. The van der Waals surface area contributed by atoms with E-state index in [-0.39, 0.29) is 11.4 Å². The highest BCUT2D eigenvalue weighted by atomic mass is 19.4. The van der Waals surface area contributed by atoms with Gasteiger partial charge in [-0.15, -0.1) is 0 Å². The molecule has 0 aliphatic carbocycles. The highest BCUT2D eigenvalue weighted by molar-refractivity contribution is 6.07. The first-order valence-electron chi connectivity index (χ1n) is 5.98. The van der Waals surface area contributed by atoms with Crippen molar-refractivity contribution in [1.82, 2.24) is 4.98 Å². The second kappa shape index (κ2) is 5.43. The molecule has 21 heavy (non-hydrogen) atoms. The number of hydrogen-bond donors (Lipinski definition) is 2. The van der Waals surface area contributed by atoms with Crippen LogP contribution in [0.2, 0.25) is 0 Å². The fourth-order valence-corrected chi connectivity index (χ4v) is 1.74. The molecular weight excluding hydrogens is 283 g/mol. The number of benzene rings is 1. The van der Waals surface area contributed by atoms with Gasteiger partial charge in [0.25, 0.3) is 5.91 Å². The topological polar surface area (TPSA) is 68.0 Å². The van der Waals surface area contributed by atoms with Gasteiger partial charge < -0.3 is 11.1 Å². The number of pyridine rings is 1. The zero-order valence-corrected chi connectivity index (χ0v) is 11.0. The lowest BCUT2D eigenvalue weighted by molar-refractivity contribution is -0.136. The molecule has 0 spiro atoms. The van der Waals surface area contributed by atoms with E-state index in [4.69, 9.17) is 5.73 Å². The number of aryl methyl sites for hydroxylation is 1. The molecule has 0 aliphatic rings. The number of nitrogens with one attached hydrogen (secondary N) is 1. The number of rotatable bonds is 2. The number of nitrogens with zero attached hydrogens (tertiary/aromatic N) is 1. The number of alkyl halides is 3. The maximum absolute atomic E-state index is 12.7. The molecular formula is C14H12F3N3O. The fraction of sp³-hybridized carbons (Fsp3) is 0.143. The summed E-state index contributed by atoms with van der Waals surface area (Å²) in [4.78, 5) is 16.0. The number of carbonyl (C=O) groups excluding carboxylic acids is 1. The van der Waals surface area contributed by atoms with Gasteiger partial charge in [-0.1, -0.05) is 12.1 Å². The minimum absolute atomic E-state index is 0.238. The maximum Gasteiger partial charge on any atom is 0.418 e. The van der Waals surface area contributed by atoms with Crippen LogP contribution in [-0.4, -0.2) is 10.9 Å². The summed E-state index contributed by atoms with van der Waals surface area (Å²) >= 11 is 0. The number of para-hydroxylation sites is 1. The Hall–Kier alpha value is -2.57. The molecule has 3 N–H and O–H groups in total. The molecule has 7 heteroatoms. The molecule has 0 fully saturated rings. The summed E-state index contributed by atoms with van der Waals surface area (Å²) in [6, 6.07) is 6.47. The van der Waals surface area contributed by atoms with Crippen molar-refractivity contribution in [2.45, 2.75) is 13.1 Å². The summed E-state index contributed by atoms with van der Waals surface area (Å²) in [6.07, 6.45) is -3.08. The predicted molar refractivity (Wildman–Crippen MR) is 72.8 cm³/mol. The standard InChI is InChI=1S/C14H12F3N3O/c1-8-5-6-11(19-7-8)20-13(21)9-3-2-4-10(12(9)18)14(15,16)17/h2-7H,18H2,1H3,(H,19,20,21). The number of nitrogen functional groups attached to an aromatic ring is 1. The van der Waals surface area contributed by atoms with Crippen molar-refractivity contribution in [2.75, 3.05) is 11.1 Å². The molecule has 2 rings (SSSR count). The van der Waals surface area contributed by atoms with E-state index in [9.17, 15) is 18.0 Å². The van der Waals surface area contributed by atoms with Gasteiger partial charge in [0, 0.05) is 6.20 Å². The van der Waals surface area contributed by atoms with Crippen LogP contribution in [0.5, 0.6) is 0 Å². The Balaban J connectivity index is 2.30. The Bertz CT molecular complexity index is 666. The molecule has 0 saturated heterocycles. The van der Waals surface area contributed by atoms with Crippen LogP contribution in [0.4, 0.5) is 24.7 Å². The van der Waals surface area contributed by atoms with Gasteiger partial charge in [0.15, 0.2) is 0 Å². The van der Waals surface area contributed by atoms with E-state index in [1.54, 1.807) is 12.1 Å². The third-order valence-electron chi connectivity index (χ3n) is 2.81. The van der Waals surface area contributed by atoms with Gasteiger partial charge in [0.1, 0.15) is 5.82 Å². The van der Waals surface area contributed by atoms with Crippen molar-refractivity contribution in [2.24, 2.45) is 0 Å². The van der Waals surface area contributed by atoms with Crippen LogP contribution in [0.25, 0.3) is 0 Å². The van der Waals surface area contributed by atoms with Gasteiger partial charge in [-0.3, -0.25) is 4.79 Å². The predicted octanol–water partition coefficient (Wildman–Crippen LogP) is 3.24. The Morgan fingerprint density at radius 3 is 2.52 bits per heavy atom. The lowest BCUT2D eigenvalue weighted by Gasteiger charge is -2.13. The van der Waals surface area contributed by atoms with Gasteiger partial charge in [-0.05, 0) is 30.7 Å². The number of hydrogen-bond acceptors (Lipinski definition) is 3. The first-order valence-corrected chi connectivity index (χ1v) is 5.98. The largest absolute Gasteiger partial charge is 0.418 e. The van der Waals surface area contributed by atoms with E-state index in [2.05, 4.69) is 10.3 Å². The Labute approximate surface area is 118 Å². The number of nitrogens with two attached hydrogens (primary N) is 1. The Kier molecular flexibility index (Phi) is 3.84. The summed E-state index contributed by atoms with van der Waals surface area (Å²) in [5.74, 6) is -0.502. The van der Waals surface area contributed by atoms with E-state index in [0.29, 0.717) is 0 Å². The van der Waals surface area contributed by atoms with Crippen LogP contribution in [-0.2, 0) is 6.18 Å². The summed E-state index contributed by atoms with van der Waals surface area (Å²) in [6.45, 7) is 1.82. The molecule has 0 radical (unpaired) electrons. The number of anilines is 2. The number of aromatic nitrogens is 1. The lowest BCUT2D eigenvalue weighted by atomic mass is 10.1. The highest BCUT2D eigenvalue weighted by Gasteiger charge is 2.34. The number of halogens is 3. The van der Waals surface area contributed by atoms with E-state index in [1.807, 2.05) is 6.92 Å². The minimum Gasteiger partial charge on any atom is -0.398 e. The minimum atomic E-state index is -4.61. The van der Waals surface area contributed by atoms with E-state index in [0.717, 1.165) is 17.7 Å². The van der Waals surface area contributed by atoms with Crippen molar-refractivity contribution < 1.29 is 18.0 Å². The lowest BCUT2D eigenvalue weighted by Crippen LogP contribution is -2.18. The first kappa shape index (κ1) is 14.8. The molecule has 0 unspecified atom stereocenters. The highest BCUT2D eigenvalue weighted by Crippen LogP contribution is 2.35. The average molecular weight is 295 g/mol.